The fraction of sp³-hybridized carbons (Fsp3) is 0.273. The standard InChI is InChI=1S/C22H21ClN2O6S/c1-4-30-18-10-15(9-17(23)20(18)31-13(2)3)11-19-21(26)24(22(27)32-19)12-14-6-5-7-16(8-14)25(28)29/h5-11,13H,4,12H2,1-3H3/b19-11+. The number of nitro benzene ring substituents is 1. The number of amides is 2. The summed E-state index contributed by atoms with van der Waals surface area (Å²) in [5.74, 6) is 0.373. The number of halogens is 1. The molecule has 10 heteroatoms. The normalized spacial score (nSPS) is 15.0. The van der Waals surface area contributed by atoms with Crippen molar-refractivity contribution >= 4 is 46.3 Å². The summed E-state index contributed by atoms with van der Waals surface area (Å²) in [6, 6.07) is 9.16. The molecule has 0 radical (unpaired) electrons. The number of carbonyl (C=O) groups is 2. The minimum atomic E-state index is -0.524. The van der Waals surface area contributed by atoms with Crippen molar-refractivity contribution in [2.24, 2.45) is 0 Å². The average molecular weight is 477 g/mol. The minimum Gasteiger partial charge on any atom is -0.490 e. The first-order chi connectivity index (χ1) is 15.2. The van der Waals surface area contributed by atoms with Crippen LogP contribution in [0.2, 0.25) is 5.02 Å². The lowest BCUT2D eigenvalue weighted by Gasteiger charge is -2.16. The fourth-order valence-electron chi connectivity index (χ4n) is 3.02. The van der Waals surface area contributed by atoms with Crippen molar-refractivity contribution < 1.29 is 24.0 Å². The molecule has 0 unspecified atom stereocenters. The number of carbonyl (C=O) groups excluding carboxylic acids is 2. The van der Waals surface area contributed by atoms with Crippen LogP contribution in [0.3, 0.4) is 0 Å². The first-order valence-electron chi connectivity index (χ1n) is 9.81. The Hall–Kier alpha value is -3.04. The van der Waals surface area contributed by atoms with Gasteiger partial charge < -0.3 is 9.47 Å². The van der Waals surface area contributed by atoms with Gasteiger partial charge in [-0.15, -0.1) is 0 Å². The Labute approximate surface area is 194 Å². The molecule has 168 valence electrons. The predicted octanol–water partition coefficient (Wildman–Crippen LogP) is 5.67. The Kier molecular flexibility index (Phi) is 7.42. The van der Waals surface area contributed by atoms with Crippen LogP contribution >= 0.6 is 23.4 Å². The van der Waals surface area contributed by atoms with Crippen molar-refractivity contribution in [1.82, 2.24) is 4.90 Å². The Morgan fingerprint density at radius 3 is 2.66 bits per heavy atom. The molecule has 1 aliphatic rings. The summed E-state index contributed by atoms with van der Waals surface area (Å²) < 4.78 is 11.4. The molecule has 0 aliphatic carbocycles. The number of non-ortho nitro benzene ring substituents is 1. The van der Waals surface area contributed by atoms with Crippen LogP contribution in [0.4, 0.5) is 10.5 Å². The van der Waals surface area contributed by atoms with Crippen LogP contribution in [-0.4, -0.2) is 33.7 Å². The highest BCUT2D eigenvalue weighted by molar-refractivity contribution is 8.18. The molecule has 0 bridgehead atoms. The van der Waals surface area contributed by atoms with E-state index < -0.39 is 16.1 Å². The van der Waals surface area contributed by atoms with Crippen molar-refractivity contribution in [3.05, 3.63) is 67.6 Å². The third-order valence-electron chi connectivity index (χ3n) is 4.32. The molecule has 0 atom stereocenters. The molecule has 2 aromatic rings. The molecule has 2 aromatic carbocycles. The molecule has 0 saturated carbocycles. The summed E-state index contributed by atoms with van der Waals surface area (Å²) in [4.78, 5) is 37.0. The van der Waals surface area contributed by atoms with Gasteiger partial charge in [0.05, 0.1) is 34.1 Å². The second-order valence-corrected chi connectivity index (χ2v) is 8.52. The number of hydrogen-bond donors (Lipinski definition) is 0. The zero-order valence-corrected chi connectivity index (χ0v) is 19.2. The van der Waals surface area contributed by atoms with Gasteiger partial charge in [0.1, 0.15) is 0 Å². The van der Waals surface area contributed by atoms with Gasteiger partial charge in [-0.05, 0) is 61.9 Å². The molecule has 0 spiro atoms. The van der Waals surface area contributed by atoms with Crippen LogP contribution in [0.1, 0.15) is 31.9 Å². The highest BCUT2D eigenvalue weighted by Crippen LogP contribution is 2.40. The molecule has 2 amide bonds. The SMILES string of the molecule is CCOc1cc(/C=C2/SC(=O)N(Cc3cccc([N+](=O)[O-])c3)C2=O)cc(Cl)c1OC(C)C. The van der Waals surface area contributed by atoms with Gasteiger partial charge in [0.15, 0.2) is 11.5 Å². The lowest BCUT2D eigenvalue weighted by Crippen LogP contribution is -2.27. The summed E-state index contributed by atoms with van der Waals surface area (Å²) >= 11 is 7.18. The molecular weight excluding hydrogens is 456 g/mol. The van der Waals surface area contributed by atoms with Crippen LogP contribution in [0.25, 0.3) is 6.08 Å². The zero-order chi connectivity index (χ0) is 23.4. The third kappa shape index (κ3) is 5.41. The van der Waals surface area contributed by atoms with E-state index in [2.05, 4.69) is 0 Å². The van der Waals surface area contributed by atoms with Crippen molar-refractivity contribution in [3.63, 3.8) is 0 Å². The predicted molar refractivity (Wildman–Crippen MR) is 123 cm³/mol. The largest absolute Gasteiger partial charge is 0.490 e. The number of rotatable bonds is 8. The summed E-state index contributed by atoms with van der Waals surface area (Å²) in [6.45, 7) is 5.91. The molecule has 3 rings (SSSR count). The maximum Gasteiger partial charge on any atom is 0.293 e. The number of nitrogens with zero attached hydrogens (tertiary/aromatic N) is 2. The second-order valence-electron chi connectivity index (χ2n) is 7.12. The molecule has 0 N–H and O–H groups in total. The van der Waals surface area contributed by atoms with Crippen LogP contribution < -0.4 is 9.47 Å². The van der Waals surface area contributed by atoms with Gasteiger partial charge >= 0.3 is 0 Å². The van der Waals surface area contributed by atoms with Crippen LogP contribution in [0, 0.1) is 10.1 Å². The maximum atomic E-state index is 12.8. The number of ether oxygens (including phenoxy) is 2. The summed E-state index contributed by atoms with van der Waals surface area (Å²) in [6.07, 6.45) is 1.45. The van der Waals surface area contributed by atoms with Crippen LogP contribution in [0.15, 0.2) is 41.3 Å². The lowest BCUT2D eigenvalue weighted by molar-refractivity contribution is -0.384. The first kappa shape index (κ1) is 23.6. The van der Waals surface area contributed by atoms with E-state index in [1.165, 1.54) is 18.2 Å². The quantitative estimate of drug-likeness (QED) is 0.275. The van der Waals surface area contributed by atoms with E-state index in [4.69, 9.17) is 21.1 Å². The van der Waals surface area contributed by atoms with E-state index in [0.717, 1.165) is 16.7 Å². The van der Waals surface area contributed by atoms with E-state index in [9.17, 15) is 19.7 Å². The van der Waals surface area contributed by atoms with E-state index in [1.807, 2.05) is 20.8 Å². The molecule has 32 heavy (non-hydrogen) atoms. The van der Waals surface area contributed by atoms with E-state index >= 15 is 0 Å². The van der Waals surface area contributed by atoms with Gasteiger partial charge in [0.2, 0.25) is 0 Å². The monoisotopic (exact) mass is 476 g/mol. The molecule has 1 fully saturated rings. The highest BCUT2D eigenvalue weighted by atomic mass is 35.5. The molecular formula is C22H21ClN2O6S. The Morgan fingerprint density at radius 2 is 2.00 bits per heavy atom. The zero-order valence-electron chi connectivity index (χ0n) is 17.7. The van der Waals surface area contributed by atoms with E-state index in [0.29, 0.717) is 34.3 Å². The fourth-order valence-corrected chi connectivity index (χ4v) is 4.12. The number of thioether (sulfide) groups is 1. The molecule has 1 saturated heterocycles. The molecule has 1 aliphatic heterocycles. The second kappa shape index (κ2) is 10.1. The van der Waals surface area contributed by atoms with Gasteiger partial charge in [0.25, 0.3) is 16.8 Å². The first-order valence-corrected chi connectivity index (χ1v) is 11.0. The Balaban J connectivity index is 1.87. The van der Waals surface area contributed by atoms with Crippen LogP contribution in [-0.2, 0) is 11.3 Å². The van der Waals surface area contributed by atoms with Gasteiger partial charge in [0, 0.05) is 12.1 Å². The Morgan fingerprint density at radius 1 is 1.25 bits per heavy atom. The Bertz CT molecular complexity index is 1100. The lowest BCUT2D eigenvalue weighted by atomic mass is 10.1. The number of nitro groups is 1. The van der Waals surface area contributed by atoms with Gasteiger partial charge in [-0.25, -0.2) is 0 Å². The smallest absolute Gasteiger partial charge is 0.293 e. The van der Waals surface area contributed by atoms with Crippen molar-refractivity contribution in [2.75, 3.05) is 6.61 Å². The van der Waals surface area contributed by atoms with Crippen molar-refractivity contribution in [3.8, 4) is 11.5 Å². The highest BCUT2D eigenvalue weighted by Gasteiger charge is 2.35. The van der Waals surface area contributed by atoms with Gasteiger partial charge in [-0.1, -0.05) is 23.7 Å². The number of hydrogen-bond acceptors (Lipinski definition) is 7. The van der Waals surface area contributed by atoms with Gasteiger partial charge in [-0.3, -0.25) is 24.6 Å². The third-order valence-corrected chi connectivity index (χ3v) is 5.51. The van der Waals surface area contributed by atoms with E-state index in [1.54, 1.807) is 24.3 Å². The molecule has 1 heterocycles. The van der Waals surface area contributed by atoms with Gasteiger partial charge in [-0.2, -0.15) is 0 Å². The van der Waals surface area contributed by atoms with Crippen molar-refractivity contribution in [1.29, 1.82) is 0 Å². The average Bonchev–Trinajstić information content (AvgIpc) is 2.98. The van der Waals surface area contributed by atoms with Crippen molar-refractivity contribution in [2.45, 2.75) is 33.4 Å². The minimum absolute atomic E-state index is 0.0597. The number of imide groups is 1. The van der Waals surface area contributed by atoms with E-state index in [-0.39, 0.29) is 23.2 Å². The summed E-state index contributed by atoms with van der Waals surface area (Å²) in [5, 5.41) is 10.8. The number of benzene rings is 2. The molecule has 0 aromatic heterocycles. The topological polar surface area (TPSA) is 99.0 Å². The molecule has 8 nitrogen and oxygen atoms in total. The summed E-state index contributed by atoms with van der Waals surface area (Å²) in [7, 11) is 0. The summed E-state index contributed by atoms with van der Waals surface area (Å²) in [5.41, 5.74) is 0.960. The maximum absolute atomic E-state index is 12.8. The van der Waals surface area contributed by atoms with Crippen LogP contribution in [0.5, 0.6) is 11.5 Å².